The molecule has 1 aromatic carbocycles. The fourth-order valence-corrected chi connectivity index (χ4v) is 4.37. The molecule has 3 nitrogen and oxygen atoms in total. The summed E-state index contributed by atoms with van der Waals surface area (Å²) in [7, 11) is -1.72. The van der Waals surface area contributed by atoms with E-state index >= 15 is 0 Å². The maximum atomic E-state index is 13.3. The molecular weight excluding hydrogens is 397 g/mol. The van der Waals surface area contributed by atoms with Crippen molar-refractivity contribution >= 4 is 20.6 Å². The third kappa shape index (κ3) is 5.72. The van der Waals surface area contributed by atoms with Gasteiger partial charge in [-0.15, -0.1) is 13.2 Å². The molecule has 1 aromatic heterocycles. The van der Waals surface area contributed by atoms with E-state index in [-0.39, 0.29) is 5.92 Å². The van der Waals surface area contributed by atoms with Crippen LogP contribution in [0.3, 0.4) is 0 Å². The Labute approximate surface area is 141 Å². The second-order valence-corrected chi connectivity index (χ2v) is 8.09. The van der Waals surface area contributed by atoms with Gasteiger partial charge in [-0.1, -0.05) is 26.8 Å². The van der Waals surface area contributed by atoms with Gasteiger partial charge < -0.3 is 12.6 Å². The van der Waals surface area contributed by atoms with Crippen molar-refractivity contribution in [2.75, 3.05) is 0 Å². The molecule has 2 aromatic rings. The van der Waals surface area contributed by atoms with Gasteiger partial charge in [-0.25, -0.2) is 0 Å². The Bertz CT molecular complexity index is 636. The monoisotopic (exact) mass is 414 g/mol. The minimum atomic E-state index is -4.16. The molecule has 130 valence electrons. The van der Waals surface area contributed by atoms with Gasteiger partial charge in [0.15, 0.2) is 9.58 Å². The molecule has 0 fully saturated rings. The van der Waals surface area contributed by atoms with E-state index in [1.54, 1.807) is 12.1 Å². The summed E-state index contributed by atoms with van der Waals surface area (Å²) in [5.41, 5.74) is -3.19. The molecule has 0 spiro atoms. The molecule has 8 heteroatoms. The molecule has 1 atom stereocenters. The molecule has 0 amide bonds. The number of fused-ring (bicyclic) bond motifs is 1. The van der Waals surface area contributed by atoms with Gasteiger partial charge in [0, 0.05) is 23.9 Å². The summed E-state index contributed by atoms with van der Waals surface area (Å²) in [4.78, 5) is 0.533. The number of aryl methyl sites for hydroxylation is 1. The minimum absolute atomic E-state index is 0.249. The first kappa shape index (κ1) is 20.4. The van der Waals surface area contributed by atoms with Crippen LogP contribution in [0.2, 0.25) is 0 Å². The quantitative estimate of drug-likeness (QED) is 0.724. The largest absolute Gasteiger partial charge is 0.600 e. The van der Waals surface area contributed by atoms with E-state index in [1.165, 1.54) is 0 Å². The first-order valence-electron chi connectivity index (χ1n) is 6.96. The molecule has 0 aliphatic heterocycles. The number of thiophene rings is 1. The Morgan fingerprint density at radius 3 is 2.13 bits per heavy atom. The topological polar surface area (TPSA) is 69.2 Å². The first-order chi connectivity index (χ1) is 10.6. The van der Waals surface area contributed by atoms with Gasteiger partial charge in [-0.3, -0.25) is 0 Å². The fourth-order valence-electron chi connectivity index (χ4n) is 2.27. The summed E-state index contributed by atoms with van der Waals surface area (Å²) in [6.45, 7) is 5.92. The van der Waals surface area contributed by atoms with Crippen LogP contribution in [0.4, 0.5) is 13.2 Å². The highest BCUT2D eigenvalue weighted by atomic mass is 80.0. The highest BCUT2D eigenvalue weighted by Crippen LogP contribution is 2.51. The van der Waals surface area contributed by atoms with Crippen LogP contribution in [-0.4, -0.2) is 0 Å². The molecule has 0 bridgehead atoms. The van der Waals surface area contributed by atoms with Crippen molar-refractivity contribution < 1.29 is 40.6 Å². The summed E-state index contributed by atoms with van der Waals surface area (Å²) in [6, 6.07) is 7.25. The van der Waals surface area contributed by atoms with Crippen molar-refractivity contribution in [3.8, 4) is 0 Å². The van der Waals surface area contributed by atoms with Crippen LogP contribution in [0, 0.1) is 14.8 Å². The van der Waals surface area contributed by atoms with Crippen molar-refractivity contribution in [2.24, 2.45) is 0 Å². The van der Waals surface area contributed by atoms with Gasteiger partial charge in [-0.05, 0) is 24.0 Å². The lowest BCUT2D eigenvalue weighted by molar-refractivity contribution is -1.73. The van der Waals surface area contributed by atoms with Crippen molar-refractivity contribution in [1.29, 1.82) is 0 Å². The van der Waals surface area contributed by atoms with Gasteiger partial charge in [0.05, 0.1) is 10.5 Å². The lowest BCUT2D eigenvalue weighted by Crippen LogP contribution is -2.42. The second kappa shape index (κ2) is 8.43. The van der Waals surface area contributed by atoms with Crippen LogP contribution in [0.1, 0.15) is 43.6 Å². The lowest BCUT2D eigenvalue weighted by atomic mass is 10.0. The average Bonchev–Trinajstić information content (AvgIpc) is 2.74. The summed E-state index contributed by atoms with van der Waals surface area (Å²) in [5, 5.41) is 0.744. The van der Waals surface area contributed by atoms with E-state index < -0.39 is 30.8 Å². The lowest BCUT2D eigenvalue weighted by Gasteiger charge is -2.04. The van der Waals surface area contributed by atoms with Crippen LogP contribution in [-0.2, 0) is 11.9 Å². The van der Waals surface area contributed by atoms with Gasteiger partial charge in [-0.2, -0.15) is 0 Å². The van der Waals surface area contributed by atoms with E-state index in [1.807, 2.05) is 32.9 Å². The number of halogens is 4. The second-order valence-electron chi connectivity index (χ2n) is 5.25. The predicted octanol–water partition coefficient (Wildman–Crippen LogP) is 2.57. The summed E-state index contributed by atoms with van der Waals surface area (Å²) in [5.74, 6) is 0.249. The van der Waals surface area contributed by atoms with Gasteiger partial charge in [0.2, 0.25) is 14.8 Å². The van der Waals surface area contributed by atoms with Crippen molar-refractivity contribution in [3.63, 3.8) is 0 Å². The molecule has 2 rings (SSSR count). The molecular formula is C15H18BrF3O3S. The highest BCUT2D eigenvalue weighted by molar-refractivity contribution is 7.38. The van der Waals surface area contributed by atoms with Crippen LogP contribution < -0.4 is 12.6 Å². The molecule has 1 unspecified atom stereocenters. The average molecular weight is 415 g/mol. The number of rotatable bonds is 3. The van der Waals surface area contributed by atoms with E-state index in [0.717, 1.165) is 17.4 Å². The summed E-state index contributed by atoms with van der Waals surface area (Å²) < 4.78 is 66.0. The molecule has 0 N–H and O–H groups in total. The van der Waals surface area contributed by atoms with Gasteiger partial charge >= 0.3 is 5.51 Å². The SMILES string of the molecule is CCCc1cc2ccc(C(C)C)cc2[s+]1C(F)(F)F.[O-][Br+2]([O-])[O-]. The molecule has 0 aliphatic rings. The molecule has 0 saturated heterocycles. The molecule has 0 aliphatic carbocycles. The zero-order valence-electron chi connectivity index (χ0n) is 12.9. The van der Waals surface area contributed by atoms with E-state index in [0.29, 0.717) is 16.0 Å². The Morgan fingerprint density at radius 1 is 1.13 bits per heavy atom. The normalized spacial score (nSPS) is 12.7. The first-order valence-corrected chi connectivity index (χ1v) is 10.1. The van der Waals surface area contributed by atoms with Crippen LogP contribution >= 0.6 is 10.5 Å². The standard InChI is InChI=1S/C15H18F3S.BrO3/c1-4-5-13-8-12-7-6-11(10(2)3)9-14(12)19(13)15(16,17)18;2-1(3)4/h6-10H,4-5H2,1-3H3;/q+1;-1. The number of alkyl halides is 3. The third-order valence-corrected chi connectivity index (χ3v) is 5.33. The van der Waals surface area contributed by atoms with E-state index in [4.69, 9.17) is 12.6 Å². The maximum Gasteiger partial charge on any atom is 0.600 e. The van der Waals surface area contributed by atoms with E-state index in [9.17, 15) is 13.2 Å². The van der Waals surface area contributed by atoms with E-state index in [2.05, 4.69) is 0 Å². The Balaban J connectivity index is 0.000000593. The van der Waals surface area contributed by atoms with Crippen LogP contribution in [0.25, 0.3) is 10.1 Å². The highest BCUT2D eigenvalue weighted by Gasteiger charge is 2.47. The molecule has 1 heterocycles. The van der Waals surface area contributed by atoms with Crippen molar-refractivity contribution in [2.45, 2.75) is 45.0 Å². The predicted molar refractivity (Wildman–Crippen MR) is 75.8 cm³/mol. The van der Waals surface area contributed by atoms with Gasteiger partial charge in [0.25, 0.3) is 0 Å². The summed E-state index contributed by atoms with van der Waals surface area (Å²) in [6.07, 6.45) is 1.27. The number of hydrogen-bond donors (Lipinski definition) is 0. The molecule has 0 saturated carbocycles. The Hall–Kier alpha value is -0.670. The zero-order chi connectivity index (χ0) is 17.8. The molecule has 0 radical (unpaired) electrons. The third-order valence-electron chi connectivity index (χ3n) is 3.23. The Kier molecular flexibility index (Phi) is 7.47. The maximum absolute atomic E-state index is 13.3. The van der Waals surface area contributed by atoms with Crippen LogP contribution in [0.5, 0.6) is 0 Å². The minimum Gasteiger partial charge on any atom is -0.405 e. The molecule has 23 heavy (non-hydrogen) atoms. The fraction of sp³-hybridized carbons (Fsp3) is 0.467. The number of hydrogen-bond acceptors (Lipinski definition) is 3. The van der Waals surface area contributed by atoms with Gasteiger partial charge in [0.1, 0.15) is 0 Å². The van der Waals surface area contributed by atoms with Crippen molar-refractivity contribution in [3.05, 3.63) is 34.7 Å². The zero-order valence-corrected chi connectivity index (χ0v) is 15.3. The van der Waals surface area contributed by atoms with Crippen molar-refractivity contribution in [1.82, 2.24) is 0 Å². The number of benzene rings is 1. The van der Waals surface area contributed by atoms with Crippen LogP contribution in [0.15, 0.2) is 24.3 Å². The summed E-state index contributed by atoms with van der Waals surface area (Å²) >= 11 is -3.65. The Morgan fingerprint density at radius 2 is 1.70 bits per heavy atom. The smallest absolute Gasteiger partial charge is 0.405 e.